The first kappa shape index (κ1) is 15.2. The van der Waals surface area contributed by atoms with Crippen molar-refractivity contribution < 1.29 is 9.15 Å². The van der Waals surface area contributed by atoms with E-state index >= 15 is 0 Å². The number of nitrogens with zero attached hydrogens (tertiary/aromatic N) is 3. The average molecular weight is 335 g/mol. The number of benzene rings is 2. The predicted octanol–water partition coefficient (Wildman–Crippen LogP) is 3.60. The summed E-state index contributed by atoms with van der Waals surface area (Å²) in [5.74, 6) is 1.34. The molecule has 0 saturated carbocycles. The van der Waals surface area contributed by atoms with Gasteiger partial charge in [0.25, 0.3) is 0 Å². The molecular weight excluding hydrogens is 318 g/mol. The number of hydrogen-bond donors (Lipinski definition) is 2. The minimum absolute atomic E-state index is 0.360. The summed E-state index contributed by atoms with van der Waals surface area (Å²) in [7, 11) is 1.65. The van der Waals surface area contributed by atoms with E-state index in [4.69, 9.17) is 9.15 Å². The summed E-state index contributed by atoms with van der Waals surface area (Å²) in [6.07, 6.45) is 0.547. The first-order valence-corrected chi connectivity index (χ1v) is 7.88. The van der Waals surface area contributed by atoms with Crippen molar-refractivity contribution in [3.63, 3.8) is 0 Å². The molecule has 0 amide bonds. The summed E-state index contributed by atoms with van der Waals surface area (Å²) < 4.78 is 10.9. The second kappa shape index (κ2) is 6.27. The van der Waals surface area contributed by atoms with E-state index < -0.39 is 0 Å². The van der Waals surface area contributed by atoms with Gasteiger partial charge in [0.2, 0.25) is 5.89 Å². The lowest BCUT2D eigenvalue weighted by Crippen LogP contribution is -1.90. The van der Waals surface area contributed by atoms with E-state index in [1.807, 2.05) is 49.4 Å². The van der Waals surface area contributed by atoms with Crippen molar-refractivity contribution >= 4 is 22.6 Å². The normalized spacial score (nSPS) is 11.0. The molecule has 0 atom stereocenters. The number of nitrogens with one attached hydrogen (secondary N) is 2. The van der Waals surface area contributed by atoms with E-state index in [1.54, 1.807) is 7.11 Å². The number of methoxy groups -OCH3 is 1. The van der Waals surface area contributed by atoms with Crippen molar-refractivity contribution in [2.24, 2.45) is 0 Å². The molecule has 7 nitrogen and oxygen atoms in total. The molecule has 2 N–H and O–H groups in total. The molecule has 2 aromatic carbocycles. The van der Waals surface area contributed by atoms with Gasteiger partial charge in [0.05, 0.1) is 19.0 Å². The van der Waals surface area contributed by atoms with Gasteiger partial charge in [-0.1, -0.05) is 17.2 Å². The van der Waals surface area contributed by atoms with Crippen LogP contribution >= 0.6 is 0 Å². The Hall–Kier alpha value is -3.35. The van der Waals surface area contributed by atoms with Gasteiger partial charge in [-0.2, -0.15) is 5.10 Å². The fourth-order valence-corrected chi connectivity index (χ4v) is 2.67. The molecular formula is C18H17N5O2. The van der Waals surface area contributed by atoms with Crippen molar-refractivity contribution in [1.29, 1.82) is 0 Å². The van der Waals surface area contributed by atoms with Crippen molar-refractivity contribution in [1.82, 2.24) is 20.4 Å². The maximum atomic E-state index is 5.69. The summed E-state index contributed by atoms with van der Waals surface area (Å²) in [5, 5.41) is 19.5. The third-order valence-corrected chi connectivity index (χ3v) is 3.95. The third kappa shape index (κ3) is 3.16. The van der Waals surface area contributed by atoms with Crippen molar-refractivity contribution in [3.05, 3.63) is 59.6 Å². The monoisotopic (exact) mass is 335 g/mol. The Morgan fingerprint density at radius 3 is 2.96 bits per heavy atom. The van der Waals surface area contributed by atoms with Crippen LogP contribution in [0.5, 0.6) is 5.75 Å². The number of aromatic amines is 1. The maximum absolute atomic E-state index is 5.69. The van der Waals surface area contributed by atoms with E-state index in [2.05, 4.69) is 25.7 Å². The molecule has 4 rings (SSSR count). The molecule has 25 heavy (non-hydrogen) atoms. The highest BCUT2D eigenvalue weighted by molar-refractivity contribution is 5.85. The lowest BCUT2D eigenvalue weighted by molar-refractivity contribution is 0.414. The van der Waals surface area contributed by atoms with Crippen LogP contribution in [-0.4, -0.2) is 27.5 Å². The smallest absolute Gasteiger partial charge is 0.320 e. The molecule has 2 heterocycles. The van der Waals surface area contributed by atoms with Crippen molar-refractivity contribution in [3.8, 4) is 5.75 Å². The Balaban J connectivity index is 1.51. The van der Waals surface area contributed by atoms with E-state index in [1.165, 1.54) is 0 Å². The summed E-state index contributed by atoms with van der Waals surface area (Å²) >= 11 is 0. The van der Waals surface area contributed by atoms with Gasteiger partial charge in [-0.25, -0.2) is 0 Å². The maximum Gasteiger partial charge on any atom is 0.320 e. The van der Waals surface area contributed by atoms with Gasteiger partial charge in [-0.05, 0) is 42.8 Å². The number of hydrogen-bond acceptors (Lipinski definition) is 6. The number of rotatable bonds is 5. The highest BCUT2D eigenvalue weighted by Crippen LogP contribution is 2.23. The highest BCUT2D eigenvalue weighted by atomic mass is 16.5. The number of fused-ring (bicyclic) bond motifs is 1. The van der Waals surface area contributed by atoms with Crippen LogP contribution < -0.4 is 10.1 Å². The minimum Gasteiger partial charge on any atom is -0.497 e. The van der Waals surface area contributed by atoms with Crippen LogP contribution in [0.25, 0.3) is 10.9 Å². The number of aromatic nitrogens is 4. The summed E-state index contributed by atoms with van der Waals surface area (Å²) in [6.45, 7) is 1.98. The van der Waals surface area contributed by atoms with Gasteiger partial charge < -0.3 is 14.5 Å². The van der Waals surface area contributed by atoms with Crippen LogP contribution in [0.3, 0.4) is 0 Å². The molecule has 0 unspecified atom stereocenters. The van der Waals surface area contributed by atoms with Gasteiger partial charge in [0.1, 0.15) is 5.75 Å². The Morgan fingerprint density at radius 2 is 2.08 bits per heavy atom. The SMILES string of the molecule is COc1cccc(Cc2nnc(Nc3ccc4n[nH]c(C)c4c3)o2)c1. The second-order valence-corrected chi connectivity index (χ2v) is 5.73. The largest absolute Gasteiger partial charge is 0.497 e. The number of anilines is 2. The molecule has 0 bridgehead atoms. The molecule has 0 radical (unpaired) electrons. The topological polar surface area (TPSA) is 88.9 Å². The number of ether oxygens (including phenoxy) is 1. The van der Waals surface area contributed by atoms with E-state index in [0.29, 0.717) is 18.3 Å². The first-order chi connectivity index (χ1) is 12.2. The fraction of sp³-hybridized carbons (Fsp3) is 0.167. The van der Waals surface area contributed by atoms with Crippen LogP contribution in [0.4, 0.5) is 11.7 Å². The van der Waals surface area contributed by atoms with Crippen LogP contribution in [0.2, 0.25) is 0 Å². The number of aryl methyl sites for hydroxylation is 1. The molecule has 0 fully saturated rings. The highest BCUT2D eigenvalue weighted by Gasteiger charge is 2.09. The Morgan fingerprint density at radius 1 is 1.16 bits per heavy atom. The van der Waals surface area contributed by atoms with Crippen LogP contribution in [0.15, 0.2) is 46.9 Å². The van der Waals surface area contributed by atoms with Gasteiger partial charge >= 0.3 is 6.01 Å². The molecule has 0 spiro atoms. The van der Waals surface area contributed by atoms with Crippen LogP contribution in [0.1, 0.15) is 17.1 Å². The van der Waals surface area contributed by atoms with E-state index in [0.717, 1.165) is 33.6 Å². The Labute approximate surface area is 144 Å². The van der Waals surface area contributed by atoms with Gasteiger partial charge in [0, 0.05) is 16.8 Å². The third-order valence-electron chi connectivity index (χ3n) is 3.95. The summed E-state index contributed by atoms with van der Waals surface area (Å²) in [5.41, 5.74) is 3.86. The van der Waals surface area contributed by atoms with Crippen LogP contribution in [-0.2, 0) is 6.42 Å². The minimum atomic E-state index is 0.360. The van der Waals surface area contributed by atoms with Crippen molar-refractivity contribution in [2.45, 2.75) is 13.3 Å². The fourth-order valence-electron chi connectivity index (χ4n) is 2.67. The lowest BCUT2D eigenvalue weighted by atomic mass is 10.1. The van der Waals surface area contributed by atoms with Crippen LogP contribution in [0, 0.1) is 6.92 Å². The molecule has 4 aromatic rings. The molecule has 0 aliphatic rings. The standard InChI is InChI=1S/C18H17N5O2/c1-11-15-10-13(6-7-16(15)21-20-11)19-18-23-22-17(25-18)9-12-4-3-5-14(8-12)24-2/h3-8,10H,9H2,1-2H3,(H,19,23)(H,20,21). The molecule has 0 aliphatic carbocycles. The quantitative estimate of drug-likeness (QED) is 0.579. The van der Waals surface area contributed by atoms with Crippen molar-refractivity contribution in [2.75, 3.05) is 12.4 Å². The summed E-state index contributed by atoms with van der Waals surface area (Å²) in [6, 6.07) is 14.0. The molecule has 7 heteroatoms. The van der Waals surface area contributed by atoms with E-state index in [9.17, 15) is 0 Å². The molecule has 0 aliphatic heterocycles. The van der Waals surface area contributed by atoms with Gasteiger partial charge in [-0.3, -0.25) is 5.10 Å². The zero-order valence-electron chi connectivity index (χ0n) is 13.9. The Kier molecular flexibility index (Phi) is 3.81. The average Bonchev–Trinajstić information content (AvgIpc) is 3.22. The zero-order valence-corrected chi connectivity index (χ0v) is 13.9. The first-order valence-electron chi connectivity index (χ1n) is 7.88. The molecule has 2 aromatic heterocycles. The Bertz CT molecular complexity index is 1020. The van der Waals surface area contributed by atoms with E-state index in [-0.39, 0.29) is 0 Å². The predicted molar refractivity (Wildman–Crippen MR) is 94.2 cm³/mol. The molecule has 126 valence electrons. The van der Waals surface area contributed by atoms with Gasteiger partial charge in [-0.15, -0.1) is 5.10 Å². The lowest BCUT2D eigenvalue weighted by Gasteiger charge is -2.02. The second-order valence-electron chi connectivity index (χ2n) is 5.73. The molecule has 0 saturated heterocycles. The number of H-pyrrole nitrogens is 1. The van der Waals surface area contributed by atoms with Gasteiger partial charge in [0.15, 0.2) is 0 Å². The summed E-state index contributed by atoms with van der Waals surface area (Å²) in [4.78, 5) is 0. The zero-order chi connectivity index (χ0) is 17.2.